The van der Waals surface area contributed by atoms with E-state index in [0.29, 0.717) is 11.3 Å². The van der Waals surface area contributed by atoms with Gasteiger partial charge in [-0.1, -0.05) is 42.3 Å². The first-order valence-electron chi connectivity index (χ1n) is 14.0. The summed E-state index contributed by atoms with van der Waals surface area (Å²) in [6.07, 6.45) is 0.190. The summed E-state index contributed by atoms with van der Waals surface area (Å²) < 4.78 is 34.3. The van der Waals surface area contributed by atoms with Crippen molar-refractivity contribution in [3.63, 3.8) is 0 Å². The number of halogens is 2. The van der Waals surface area contributed by atoms with Gasteiger partial charge in [0.1, 0.15) is 18.3 Å². The van der Waals surface area contributed by atoms with Gasteiger partial charge in [-0.05, 0) is 76.6 Å². The minimum absolute atomic E-state index is 0.0929. The van der Waals surface area contributed by atoms with Gasteiger partial charge in [0.2, 0.25) is 11.8 Å². The van der Waals surface area contributed by atoms with Crippen LogP contribution in [0.5, 0.6) is 5.75 Å². The number of rotatable bonds is 12. The van der Waals surface area contributed by atoms with Gasteiger partial charge in [-0.2, -0.15) is 0 Å². The minimum atomic E-state index is -4.56. The van der Waals surface area contributed by atoms with Crippen molar-refractivity contribution in [2.45, 2.75) is 64.1 Å². The normalized spacial score (nSPS) is 12.3. The molecule has 3 aromatic carbocycles. The fraction of sp³-hybridized carbons (Fsp3) is 0.355. The monoisotopic (exact) mass is 678 g/mol. The second-order valence-electron chi connectivity index (χ2n) is 11.3. The van der Waals surface area contributed by atoms with Gasteiger partial charge in [0.15, 0.2) is 0 Å². The van der Waals surface area contributed by atoms with Crippen molar-refractivity contribution in [1.29, 1.82) is 0 Å². The fourth-order valence-corrected chi connectivity index (χ4v) is 6.53. The molecule has 0 aliphatic carbocycles. The third-order valence-corrected chi connectivity index (χ3v) is 9.36. The van der Waals surface area contributed by atoms with Gasteiger partial charge in [-0.15, -0.1) is 0 Å². The SMILES string of the molecule is CC[C@@H](C(=O)NC(C)(C)C)N(Cc1c(Cl)cccc1Cl)C(=O)CN(c1ccc(OC)cc1)S(=O)(=O)c1ccc(C)c([N+](=O)[O-])c1. The van der Waals surface area contributed by atoms with Crippen molar-refractivity contribution >= 4 is 56.4 Å². The Balaban J connectivity index is 2.17. The summed E-state index contributed by atoms with van der Waals surface area (Å²) in [5.74, 6) is -0.745. The summed E-state index contributed by atoms with van der Waals surface area (Å²) in [5.41, 5.74) is -0.277. The molecule has 0 aliphatic rings. The molecule has 0 aliphatic heterocycles. The minimum Gasteiger partial charge on any atom is -0.497 e. The van der Waals surface area contributed by atoms with Gasteiger partial charge in [0, 0.05) is 39.3 Å². The van der Waals surface area contributed by atoms with Crippen LogP contribution in [0.1, 0.15) is 45.2 Å². The quantitative estimate of drug-likeness (QED) is 0.179. The summed E-state index contributed by atoms with van der Waals surface area (Å²) in [6.45, 7) is 7.67. The predicted octanol–water partition coefficient (Wildman–Crippen LogP) is 6.14. The number of nitrogens with zero attached hydrogens (tertiary/aromatic N) is 3. The van der Waals surface area contributed by atoms with Crippen LogP contribution in [-0.4, -0.2) is 55.3 Å². The second-order valence-corrected chi connectivity index (χ2v) is 14.0. The van der Waals surface area contributed by atoms with E-state index in [0.717, 1.165) is 10.4 Å². The van der Waals surface area contributed by atoms with Crippen molar-refractivity contribution in [1.82, 2.24) is 10.2 Å². The smallest absolute Gasteiger partial charge is 0.273 e. The molecular formula is C31H36Cl2N4O7S. The Hall–Kier alpha value is -3.87. The van der Waals surface area contributed by atoms with Gasteiger partial charge in [-0.25, -0.2) is 8.42 Å². The number of nitro benzene ring substituents is 1. The lowest BCUT2D eigenvalue weighted by molar-refractivity contribution is -0.385. The highest BCUT2D eigenvalue weighted by Crippen LogP contribution is 2.31. The third-order valence-electron chi connectivity index (χ3n) is 6.88. The van der Waals surface area contributed by atoms with Crippen LogP contribution in [0.15, 0.2) is 65.6 Å². The maximum atomic E-state index is 14.3. The lowest BCUT2D eigenvalue weighted by Crippen LogP contribution is -2.55. The van der Waals surface area contributed by atoms with E-state index in [9.17, 15) is 28.1 Å². The van der Waals surface area contributed by atoms with Gasteiger partial charge in [-0.3, -0.25) is 24.0 Å². The summed E-state index contributed by atoms with van der Waals surface area (Å²) in [6, 6.07) is 13.3. The molecule has 0 aromatic heterocycles. The first kappa shape index (κ1) is 35.6. The largest absolute Gasteiger partial charge is 0.497 e. The van der Waals surface area contributed by atoms with E-state index in [4.69, 9.17) is 27.9 Å². The number of nitrogens with one attached hydrogen (secondary N) is 1. The number of nitro groups is 1. The molecule has 0 heterocycles. The Labute approximate surface area is 273 Å². The van der Waals surface area contributed by atoms with Crippen LogP contribution < -0.4 is 14.4 Å². The second kappa shape index (κ2) is 14.5. The summed E-state index contributed by atoms with van der Waals surface area (Å²) in [7, 11) is -3.11. The molecule has 0 saturated heterocycles. The summed E-state index contributed by atoms with van der Waals surface area (Å²) in [4.78, 5) is 39.6. The maximum Gasteiger partial charge on any atom is 0.273 e. The molecule has 0 radical (unpaired) electrons. The van der Waals surface area contributed by atoms with E-state index in [1.54, 1.807) is 45.9 Å². The molecule has 2 amide bonds. The average molecular weight is 680 g/mol. The number of sulfonamides is 1. The van der Waals surface area contributed by atoms with Gasteiger partial charge in [0.25, 0.3) is 15.7 Å². The Morgan fingerprint density at radius 2 is 1.64 bits per heavy atom. The zero-order valence-electron chi connectivity index (χ0n) is 25.8. The van der Waals surface area contributed by atoms with E-state index in [1.807, 2.05) is 0 Å². The van der Waals surface area contributed by atoms with Crippen molar-refractivity contribution in [2.75, 3.05) is 18.0 Å². The first-order chi connectivity index (χ1) is 21.0. The zero-order valence-corrected chi connectivity index (χ0v) is 28.2. The average Bonchev–Trinajstić information content (AvgIpc) is 2.96. The van der Waals surface area contributed by atoms with Crippen molar-refractivity contribution < 1.29 is 27.7 Å². The molecule has 1 atom stereocenters. The molecule has 0 unspecified atom stereocenters. The van der Waals surface area contributed by atoms with Crippen LogP contribution in [0.25, 0.3) is 0 Å². The third kappa shape index (κ3) is 8.65. The Kier molecular flexibility index (Phi) is 11.5. The van der Waals surface area contributed by atoms with Crippen molar-refractivity contribution in [2.24, 2.45) is 0 Å². The van der Waals surface area contributed by atoms with Crippen LogP contribution in [0.4, 0.5) is 11.4 Å². The van der Waals surface area contributed by atoms with Crippen LogP contribution in [0.2, 0.25) is 10.0 Å². The van der Waals surface area contributed by atoms with E-state index in [1.165, 1.54) is 55.3 Å². The van der Waals surface area contributed by atoms with Crippen LogP contribution >= 0.6 is 23.2 Å². The number of carbonyl (C=O) groups is 2. The standard InChI is InChI=1S/C31H36Cl2N4O7S/c1-7-27(30(39)34-31(3,4)5)35(18-24-25(32)9-8-10-26(24)33)29(38)19-36(21-12-14-22(44-6)15-13-21)45(42,43)23-16-11-20(2)28(17-23)37(40)41/h8-17,27H,7,18-19H2,1-6H3,(H,34,39)/t27-/m0/s1. The molecule has 0 spiro atoms. The van der Waals surface area contributed by atoms with E-state index >= 15 is 0 Å². The summed E-state index contributed by atoms with van der Waals surface area (Å²) in [5, 5.41) is 15.1. The van der Waals surface area contributed by atoms with E-state index < -0.39 is 50.6 Å². The number of aryl methyl sites for hydroxylation is 1. The lowest BCUT2D eigenvalue weighted by Gasteiger charge is -2.35. The maximum absolute atomic E-state index is 14.3. The van der Waals surface area contributed by atoms with E-state index in [-0.39, 0.29) is 39.2 Å². The van der Waals surface area contributed by atoms with Gasteiger partial charge >= 0.3 is 0 Å². The molecule has 3 rings (SSSR count). The predicted molar refractivity (Wildman–Crippen MR) is 174 cm³/mol. The van der Waals surface area contributed by atoms with Crippen molar-refractivity contribution in [3.05, 3.63) is 92.0 Å². The first-order valence-corrected chi connectivity index (χ1v) is 16.2. The lowest BCUT2D eigenvalue weighted by atomic mass is 10.1. The molecule has 45 heavy (non-hydrogen) atoms. The fourth-order valence-electron chi connectivity index (χ4n) is 4.58. The van der Waals surface area contributed by atoms with E-state index in [2.05, 4.69) is 5.32 Å². The number of hydrogen-bond donors (Lipinski definition) is 1. The van der Waals surface area contributed by atoms with Crippen LogP contribution in [0, 0.1) is 17.0 Å². The number of carbonyl (C=O) groups excluding carboxylic acids is 2. The molecule has 0 bridgehead atoms. The van der Waals surface area contributed by atoms with Crippen LogP contribution in [-0.2, 0) is 26.2 Å². The Morgan fingerprint density at radius 1 is 1.04 bits per heavy atom. The number of ether oxygens (including phenoxy) is 1. The molecule has 1 N–H and O–H groups in total. The molecule has 0 fully saturated rings. The molecular weight excluding hydrogens is 643 g/mol. The number of benzene rings is 3. The Bertz CT molecular complexity index is 1660. The highest BCUT2D eigenvalue weighted by molar-refractivity contribution is 7.92. The van der Waals surface area contributed by atoms with Gasteiger partial charge in [0.05, 0.1) is 22.6 Å². The number of anilines is 1. The zero-order chi connectivity index (χ0) is 33.7. The van der Waals surface area contributed by atoms with Crippen LogP contribution in [0.3, 0.4) is 0 Å². The molecule has 14 heteroatoms. The van der Waals surface area contributed by atoms with Crippen molar-refractivity contribution in [3.8, 4) is 5.75 Å². The highest BCUT2D eigenvalue weighted by atomic mass is 35.5. The number of methoxy groups -OCH3 is 1. The number of hydrogen-bond acceptors (Lipinski definition) is 7. The molecule has 0 saturated carbocycles. The molecule has 11 nitrogen and oxygen atoms in total. The number of amides is 2. The molecule has 3 aromatic rings. The highest BCUT2D eigenvalue weighted by Gasteiger charge is 2.35. The molecule has 242 valence electrons. The van der Waals surface area contributed by atoms with Gasteiger partial charge < -0.3 is 15.0 Å². The topological polar surface area (TPSA) is 139 Å². The Morgan fingerprint density at radius 3 is 2.16 bits per heavy atom. The summed E-state index contributed by atoms with van der Waals surface area (Å²) >= 11 is 12.9.